The van der Waals surface area contributed by atoms with E-state index in [1.807, 2.05) is 25.1 Å². The Morgan fingerprint density at radius 2 is 2.21 bits per heavy atom. The lowest BCUT2D eigenvalue weighted by molar-refractivity contribution is -0.144. The zero-order chi connectivity index (χ0) is 20.4. The summed E-state index contributed by atoms with van der Waals surface area (Å²) in [5.41, 5.74) is 4.21. The van der Waals surface area contributed by atoms with Gasteiger partial charge in [0.1, 0.15) is 5.75 Å². The van der Waals surface area contributed by atoms with Gasteiger partial charge >= 0.3 is 0 Å². The number of rotatable bonds is 5. The van der Waals surface area contributed by atoms with Gasteiger partial charge in [0.25, 0.3) is 0 Å². The Morgan fingerprint density at radius 1 is 1.38 bits per heavy atom. The predicted octanol–water partition coefficient (Wildman–Crippen LogP) is 1.96. The van der Waals surface area contributed by atoms with E-state index >= 15 is 0 Å². The van der Waals surface area contributed by atoms with Crippen LogP contribution in [0.3, 0.4) is 0 Å². The molecule has 0 radical (unpaired) electrons. The second kappa shape index (κ2) is 8.16. The number of nitrogens with one attached hydrogen (secondary N) is 2. The van der Waals surface area contributed by atoms with E-state index in [-0.39, 0.29) is 11.3 Å². The molecule has 2 atom stereocenters. The fourth-order valence-corrected chi connectivity index (χ4v) is 4.55. The summed E-state index contributed by atoms with van der Waals surface area (Å²) in [4.78, 5) is 27.2. The molecule has 1 spiro atoms. The molecule has 7 heteroatoms. The molecule has 29 heavy (non-hydrogen) atoms. The average Bonchev–Trinajstić information content (AvgIpc) is 3.52. The van der Waals surface area contributed by atoms with Crippen molar-refractivity contribution < 1.29 is 19.5 Å². The lowest BCUT2D eigenvalue weighted by Crippen LogP contribution is -2.59. The number of amides is 2. The maximum Gasteiger partial charge on any atom is 0.248 e. The van der Waals surface area contributed by atoms with E-state index in [0.717, 1.165) is 37.1 Å². The molecular formula is C22H29N3O4. The molecule has 2 fully saturated rings. The van der Waals surface area contributed by atoms with Crippen molar-refractivity contribution in [2.75, 3.05) is 26.2 Å². The van der Waals surface area contributed by atoms with Crippen LogP contribution >= 0.6 is 0 Å². The lowest BCUT2D eigenvalue weighted by Gasteiger charge is -2.38. The van der Waals surface area contributed by atoms with Crippen LogP contribution in [0.25, 0.3) is 5.57 Å². The Bertz CT molecular complexity index is 818. The van der Waals surface area contributed by atoms with Crippen LogP contribution in [0, 0.1) is 11.3 Å². The van der Waals surface area contributed by atoms with E-state index in [0.29, 0.717) is 26.1 Å². The minimum atomic E-state index is -0.579. The number of hydrogen-bond acceptors (Lipinski definition) is 5. The fraction of sp³-hybridized carbons (Fsp3) is 0.545. The Balaban J connectivity index is 1.44. The zero-order valence-corrected chi connectivity index (χ0v) is 16.8. The van der Waals surface area contributed by atoms with Crippen LogP contribution in [-0.2, 0) is 9.59 Å². The summed E-state index contributed by atoms with van der Waals surface area (Å²) in [5.74, 6) is -0.213. The molecule has 4 rings (SSSR count). The van der Waals surface area contributed by atoms with Gasteiger partial charge in [0.15, 0.2) is 0 Å². The number of carbonyl (C=O) groups is 2. The van der Waals surface area contributed by atoms with Crippen molar-refractivity contribution in [3.63, 3.8) is 0 Å². The zero-order valence-electron chi connectivity index (χ0n) is 16.8. The van der Waals surface area contributed by atoms with Crippen LogP contribution in [0.2, 0.25) is 0 Å². The van der Waals surface area contributed by atoms with Gasteiger partial charge in [-0.3, -0.25) is 14.8 Å². The highest BCUT2D eigenvalue weighted by Gasteiger charge is 2.52. The number of nitrogens with zero attached hydrogens (tertiary/aromatic N) is 1. The van der Waals surface area contributed by atoms with Gasteiger partial charge in [-0.05, 0) is 61.3 Å². The largest absolute Gasteiger partial charge is 0.494 e. The average molecular weight is 399 g/mol. The van der Waals surface area contributed by atoms with E-state index in [1.165, 1.54) is 5.57 Å². The molecule has 2 amide bonds. The molecule has 0 bridgehead atoms. The summed E-state index contributed by atoms with van der Waals surface area (Å²) in [6.07, 6.45) is 5.65. The SMILES string of the molecule is CCOc1cccc(C2=CCN(C(=O)C3NCC4(CC4)CC3C(=O)NO)CC2)c1. The van der Waals surface area contributed by atoms with Crippen molar-refractivity contribution in [3.05, 3.63) is 35.9 Å². The normalized spacial score (nSPS) is 25.3. The predicted molar refractivity (Wildman–Crippen MR) is 108 cm³/mol. The summed E-state index contributed by atoms with van der Waals surface area (Å²) in [6.45, 7) is 4.48. The minimum absolute atomic E-state index is 0.0625. The quantitative estimate of drug-likeness (QED) is 0.520. The minimum Gasteiger partial charge on any atom is -0.494 e. The van der Waals surface area contributed by atoms with E-state index in [9.17, 15) is 9.59 Å². The molecule has 1 aromatic carbocycles. The maximum absolute atomic E-state index is 13.2. The molecular weight excluding hydrogens is 370 g/mol. The number of carbonyl (C=O) groups excluding carboxylic acids is 2. The van der Waals surface area contributed by atoms with Crippen molar-refractivity contribution in [1.29, 1.82) is 0 Å². The highest BCUT2D eigenvalue weighted by atomic mass is 16.5. The second-order valence-electron chi connectivity index (χ2n) is 8.37. The first kappa shape index (κ1) is 19.9. The molecule has 3 N–H and O–H groups in total. The molecule has 3 aliphatic rings. The van der Waals surface area contributed by atoms with Gasteiger partial charge in [-0.25, -0.2) is 5.48 Å². The van der Waals surface area contributed by atoms with Crippen LogP contribution in [0.15, 0.2) is 30.3 Å². The molecule has 2 aliphatic heterocycles. The Labute approximate surface area is 171 Å². The van der Waals surface area contributed by atoms with Crippen molar-refractivity contribution in [3.8, 4) is 5.75 Å². The highest BCUT2D eigenvalue weighted by molar-refractivity contribution is 5.90. The number of ether oxygens (including phenoxy) is 1. The fourth-order valence-electron chi connectivity index (χ4n) is 4.55. The van der Waals surface area contributed by atoms with Crippen molar-refractivity contribution in [1.82, 2.24) is 15.7 Å². The summed E-state index contributed by atoms with van der Waals surface area (Å²) < 4.78 is 5.58. The monoisotopic (exact) mass is 399 g/mol. The molecule has 0 aromatic heterocycles. The van der Waals surface area contributed by atoms with Gasteiger partial charge in [-0.15, -0.1) is 0 Å². The number of benzene rings is 1. The van der Waals surface area contributed by atoms with Crippen LogP contribution in [0.4, 0.5) is 0 Å². The molecule has 1 aromatic rings. The van der Waals surface area contributed by atoms with Gasteiger partial charge in [0.2, 0.25) is 11.8 Å². The second-order valence-corrected chi connectivity index (χ2v) is 8.37. The molecule has 1 saturated heterocycles. The first-order valence-electron chi connectivity index (χ1n) is 10.4. The molecule has 2 unspecified atom stereocenters. The topological polar surface area (TPSA) is 90.9 Å². The third kappa shape index (κ3) is 4.16. The summed E-state index contributed by atoms with van der Waals surface area (Å²) in [7, 11) is 0. The molecule has 7 nitrogen and oxygen atoms in total. The standard InChI is InChI=1S/C22H29N3O4/c1-2-29-17-5-3-4-16(12-17)15-6-10-25(11-7-15)21(27)19-18(20(26)24-28)13-22(8-9-22)14-23-19/h3-6,12,18-19,23,28H,2,7-11,13-14H2,1H3,(H,24,26). The first-order valence-corrected chi connectivity index (χ1v) is 10.4. The molecule has 1 saturated carbocycles. The van der Waals surface area contributed by atoms with Crippen LogP contribution in [-0.4, -0.2) is 54.2 Å². The summed E-state index contributed by atoms with van der Waals surface area (Å²) in [5, 5.41) is 12.4. The van der Waals surface area contributed by atoms with Crippen LogP contribution < -0.4 is 15.5 Å². The van der Waals surface area contributed by atoms with Crippen molar-refractivity contribution in [2.45, 2.75) is 38.6 Å². The number of piperidine rings is 1. The third-order valence-corrected chi connectivity index (χ3v) is 6.46. The molecule has 1 aliphatic carbocycles. The lowest BCUT2D eigenvalue weighted by atomic mass is 9.81. The van der Waals surface area contributed by atoms with Crippen molar-refractivity contribution in [2.24, 2.45) is 11.3 Å². The molecule has 156 valence electrons. The summed E-state index contributed by atoms with van der Waals surface area (Å²) >= 11 is 0. The molecule has 2 heterocycles. The smallest absolute Gasteiger partial charge is 0.248 e. The van der Waals surface area contributed by atoms with Crippen molar-refractivity contribution >= 4 is 17.4 Å². The van der Waals surface area contributed by atoms with Gasteiger partial charge in [-0.2, -0.15) is 0 Å². The Hall–Kier alpha value is -2.38. The van der Waals surface area contributed by atoms with Gasteiger partial charge in [0, 0.05) is 19.6 Å². The number of hydroxylamine groups is 1. The van der Waals surface area contributed by atoms with E-state index in [2.05, 4.69) is 17.5 Å². The maximum atomic E-state index is 13.2. The van der Waals surface area contributed by atoms with Gasteiger partial charge in [-0.1, -0.05) is 18.2 Å². The number of hydrogen-bond donors (Lipinski definition) is 3. The first-order chi connectivity index (χ1) is 14.0. The Kier molecular flexibility index (Phi) is 5.61. The van der Waals surface area contributed by atoms with Gasteiger partial charge < -0.3 is 15.0 Å². The van der Waals surface area contributed by atoms with Crippen LogP contribution in [0.1, 0.15) is 38.2 Å². The van der Waals surface area contributed by atoms with E-state index in [1.54, 1.807) is 10.4 Å². The van der Waals surface area contributed by atoms with Gasteiger partial charge in [0.05, 0.1) is 18.6 Å². The van der Waals surface area contributed by atoms with E-state index < -0.39 is 17.9 Å². The Morgan fingerprint density at radius 3 is 2.86 bits per heavy atom. The third-order valence-electron chi connectivity index (χ3n) is 6.46. The van der Waals surface area contributed by atoms with Crippen LogP contribution in [0.5, 0.6) is 5.75 Å². The van der Waals surface area contributed by atoms with E-state index in [4.69, 9.17) is 9.94 Å². The summed E-state index contributed by atoms with van der Waals surface area (Å²) in [6, 6.07) is 7.44. The highest BCUT2D eigenvalue weighted by Crippen LogP contribution is 2.52.